The number of hydrogen-bond acceptors (Lipinski definition) is 4. The van der Waals surface area contributed by atoms with E-state index in [0.29, 0.717) is 12.5 Å². The largest absolute Gasteiger partial charge is 0.370 e. The van der Waals surface area contributed by atoms with Gasteiger partial charge in [-0.2, -0.15) is 0 Å². The minimum Gasteiger partial charge on any atom is -0.370 e. The molecule has 1 aromatic rings. The lowest BCUT2D eigenvalue weighted by molar-refractivity contribution is 0.645. The van der Waals surface area contributed by atoms with Crippen LogP contribution in [0.4, 0.5) is 0 Å². The SMILES string of the molecule is Cn1cncc1C1CN=C(N)N1. The minimum absolute atomic E-state index is 0.192. The first-order valence-electron chi connectivity index (χ1n) is 3.80. The molecule has 5 nitrogen and oxygen atoms in total. The summed E-state index contributed by atoms with van der Waals surface area (Å²) in [5, 5.41) is 3.06. The number of aliphatic imine (C=N–C) groups is 1. The standard InChI is InChI=1S/C7H11N5/c1-12-4-9-3-6(12)5-2-10-7(8)11-5/h3-5H,2H2,1H3,(H3,8,10,11). The average Bonchev–Trinajstić information content (AvgIpc) is 2.58. The lowest BCUT2D eigenvalue weighted by atomic mass is 10.2. The molecule has 2 heterocycles. The molecule has 3 N–H and O–H groups in total. The van der Waals surface area contributed by atoms with Gasteiger partial charge in [-0.3, -0.25) is 4.99 Å². The summed E-state index contributed by atoms with van der Waals surface area (Å²) in [4.78, 5) is 8.08. The van der Waals surface area contributed by atoms with Crippen LogP contribution in [0.3, 0.4) is 0 Å². The van der Waals surface area contributed by atoms with Gasteiger partial charge >= 0.3 is 0 Å². The van der Waals surface area contributed by atoms with E-state index in [-0.39, 0.29) is 6.04 Å². The van der Waals surface area contributed by atoms with E-state index < -0.39 is 0 Å². The Balaban J connectivity index is 2.18. The van der Waals surface area contributed by atoms with E-state index in [9.17, 15) is 0 Å². The average molecular weight is 165 g/mol. The summed E-state index contributed by atoms with van der Waals surface area (Å²) in [6.07, 6.45) is 3.59. The second-order valence-electron chi connectivity index (χ2n) is 2.85. The van der Waals surface area contributed by atoms with E-state index in [1.807, 2.05) is 17.8 Å². The Morgan fingerprint density at radius 1 is 1.75 bits per heavy atom. The van der Waals surface area contributed by atoms with Crippen molar-refractivity contribution >= 4 is 5.96 Å². The Bertz CT molecular complexity index is 313. The smallest absolute Gasteiger partial charge is 0.189 e. The zero-order valence-electron chi connectivity index (χ0n) is 6.86. The molecule has 0 saturated heterocycles. The van der Waals surface area contributed by atoms with Crippen molar-refractivity contribution in [2.24, 2.45) is 17.8 Å². The second-order valence-corrected chi connectivity index (χ2v) is 2.85. The normalized spacial score (nSPS) is 22.1. The maximum Gasteiger partial charge on any atom is 0.189 e. The molecule has 0 radical (unpaired) electrons. The van der Waals surface area contributed by atoms with Crippen molar-refractivity contribution in [2.75, 3.05) is 6.54 Å². The van der Waals surface area contributed by atoms with Crippen LogP contribution in [0.25, 0.3) is 0 Å². The maximum atomic E-state index is 5.49. The van der Waals surface area contributed by atoms with E-state index in [2.05, 4.69) is 15.3 Å². The molecule has 0 bridgehead atoms. The molecule has 12 heavy (non-hydrogen) atoms. The topological polar surface area (TPSA) is 68.2 Å². The highest BCUT2D eigenvalue weighted by molar-refractivity contribution is 5.80. The fourth-order valence-corrected chi connectivity index (χ4v) is 1.33. The van der Waals surface area contributed by atoms with E-state index in [1.165, 1.54) is 0 Å². The van der Waals surface area contributed by atoms with Crippen LogP contribution in [0, 0.1) is 0 Å². The molecular weight excluding hydrogens is 154 g/mol. The molecule has 0 spiro atoms. The number of hydrogen-bond donors (Lipinski definition) is 2. The third-order valence-electron chi connectivity index (χ3n) is 1.98. The third-order valence-corrected chi connectivity index (χ3v) is 1.98. The molecule has 1 atom stereocenters. The van der Waals surface area contributed by atoms with Crippen molar-refractivity contribution in [2.45, 2.75) is 6.04 Å². The summed E-state index contributed by atoms with van der Waals surface area (Å²) < 4.78 is 1.96. The molecule has 0 saturated carbocycles. The number of nitrogens with zero attached hydrogens (tertiary/aromatic N) is 3. The van der Waals surface area contributed by atoms with Gasteiger partial charge in [0.25, 0.3) is 0 Å². The molecule has 0 amide bonds. The molecule has 0 fully saturated rings. The van der Waals surface area contributed by atoms with E-state index in [4.69, 9.17) is 5.73 Å². The van der Waals surface area contributed by atoms with Gasteiger partial charge in [-0.15, -0.1) is 0 Å². The lowest BCUT2D eigenvalue weighted by Crippen LogP contribution is -2.30. The van der Waals surface area contributed by atoms with Crippen LogP contribution in [-0.2, 0) is 7.05 Å². The molecule has 64 valence electrons. The number of imidazole rings is 1. The molecule has 5 heteroatoms. The molecule has 1 aliphatic rings. The Labute approximate surface area is 70.3 Å². The number of aryl methyl sites for hydroxylation is 1. The fourth-order valence-electron chi connectivity index (χ4n) is 1.33. The quantitative estimate of drug-likeness (QED) is 0.582. The zero-order chi connectivity index (χ0) is 8.55. The highest BCUT2D eigenvalue weighted by Gasteiger charge is 2.19. The van der Waals surface area contributed by atoms with Crippen LogP contribution >= 0.6 is 0 Å². The number of rotatable bonds is 1. The highest BCUT2D eigenvalue weighted by Crippen LogP contribution is 2.14. The summed E-state index contributed by atoms with van der Waals surface area (Å²) in [5.41, 5.74) is 6.60. The van der Waals surface area contributed by atoms with Gasteiger partial charge in [0.2, 0.25) is 0 Å². The monoisotopic (exact) mass is 165 g/mol. The van der Waals surface area contributed by atoms with Gasteiger partial charge < -0.3 is 15.6 Å². The Morgan fingerprint density at radius 2 is 2.58 bits per heavy atom. The van der Waals surface area contributed by atoms with Crippen LogP contribution in [0.1, 0.15) is 11.7 Å². The van der Waals surface area contributed by atoms with E-state index in [0.717, 1.165) is 5.69 Å². The van der Waals surface area contributed by atoms with Crippen LogP contribution in [0.2, 0.25) is 0 Å². The first-order chi connectivity index (χ1) is 5.77. The summed E-state index contributed by atoms with van der Waals surface area (Å²) in [6, 6.07) is 0.192. The molecule has 1 unspecified atom stereocenters. The summed E-state index contributed by atoms with van der Waals surface area (Å²) >= 11 is 0. The molecule has 0 aliphatic carbocycles. The molecule has 0 aromatic carbocycles. The van der Waals surface area contributed by atoms with Crippen molar-refractivity contribution in [1.82, 2.24) is 14.9 Å². The van der Waals surface area contributed by atoms with Crippen LogP contribution < -0.4 is 11.1 Å². The van der Waals surface area contributed by atoms with Gasteiger partial charge in [-0.1, -0.05) is 0 Å². The van der Waals surface area contributed by atoms with E-state index >= 15 is 0 Å². The van der Waals surface area contributed by atoms with Crippen molar-refractivity contribution in [3.05, 3.63) is 18.2 Å². The molecule has 1 aromatic heterocycles. The molecule has 2 rings (SSSR count). The van der Waals surface area contributed by atoms with Crippen molar-refractivity contribution in [3.63, 3.8) is 0 Å². The first kappa shape index (κ1) is 7.15. The summed E-state index contributed by atoms with van der Waals surface area (Å²) in [5.74, 6) is 0.515. The Kier molecular flexibility index (Phi) is 1.49. The Hall–Kier alpha value is -1.52. The zero-order valence-corrected chi connectivity index (χ0v) is 6.86. The summed E-state index contributed by atoms with van der Waals surface area (Å²) in [6.45, 7) is 0.700. The fraction of sp³-hybridized carbons (Fsp3) is 0.429. The maximum absolute atomic E-state index is 5.49. The Morgan fingerprint density at radius 3 is 3.08 bits per heavy atom. The predicted octanol–water partition coefficient (Wildman–Crippen LogP) is -0.621. The van der Waals surface area contributed by atoms with Gasteiger partial charge in [-0.25, -0.2) is 4.98 Å². The number of guanidine groups is 1. The summed E-state index contributed by atoms with van der Waals surface area (Å²) in [7, 11) is 1.96. The highest BCUT2D eigenvalue weighted by atomic mass is 15.2. The number of nitrogens with two attached hydrogens (primary N) is 1. The van der Waals surface area contributed by atoms with Gasteiger partial charge in [0, 0.05) is 7.05 Å². The van der Waals surface area contributed by atoms with Crippen molar-refractivity contribution in [3.8, 4) is 0 Å². The number of nitrogens with one attached hydrogen (secondary N) is 1. The van der Waals surface area contributed by atoms with Crippen LogP contribution in [0.15, 0.2) is 17.5 Å². The van der Waals surface area contributed by atoms with Gasteiger partial charge in [-0.05, 0) is 0 Å². The number of aromatic nitrogens is 2. The van der Waals surface area contributed by atoms with Gasteiger partial charge in [0.05, 0.1) is 30.8 Å². The van der Waals surface area contributed by atoms with Crippen molar-refractivity contribution < 1.29 is 0 Å². The molecular formula is C7H11N5. The minimum atomic E-state index is 0.192. The van der Waals surface area contributed by atoms with E-state index in [1.54, 1.807) is 6.33 Å². The second kappa shape index (κ2) is 2.51. The van der Waals surface area contributed by atoms with Crippen LogP contribution in [-0.4, -0.2) is 22.1 Å². The lowest BCUT2D eigenvalue weighted by Gasteiger charge is -2.10. The van der Waals surface area contributed by atoms with Gasteiger partial charge in [0.15, 0.2) is 5.96 Å². The van der Waals surface area contributed by atoms with Gasteiger partial charge in [0.1, 0.15) is 0 Å². The predicted molar refractivity (Wildman–Crippen MR) is 45.6 cm³/mol. The third kappa shape index (κ3) is 1.03. The van der Waals surface area contributed by atoms with Crippen LogP contribution in [0.5, 0.6) is 0 Å². The first-order valence-corrected chi connectivity index (χ1v) is 3.80. The molecule has 1 aliphatic heterocycles. The van der Waals surface area contributed by atoms with Crippen molar-refractivity contribution in [1.29, 1.82) is 0 Å².